The summed E-state index contributed by atoms with van der Waals surface area (Å²) < 4.78 is 4.54. The molecule has 4 aromatic rings. The zero-order valence-electron chi connectivity index (χ0n) is 15.0. The van der Waals surface area contributed by atoms with Crippen LogP contribution in [0.2, 0.25) is 5.02 Å². The highest BCUT2D eigenvalue weighted by atomic mass is 35.5. The van der Waals surface area contributed by atoms with Crippen molar-refractivity contribution in [3.05, 3.63) is 89.6 Å². The average Bonchev–Trinajstić information content (AvgIpc) is 3.27. The quantitative estimate of drug-likeness (QED) is 0.440. The maximum atomic E-state index is 6.03. The monoisotopic (exact) mass is 363 g/mol. The van der Waals surface area contributed by atoms with Gasteiger partial charge in [-0.1, -0.05) is 55.8 Å². The molecule has 26 heavy (non-hydrogen) atoms. The molecular weight excluding hydrogens is 342 g/mol. The second-order valence-electron chi connectivity index (χ2n) is 7.05. The van der Waals surface area contributed by atoms with Gasteiger partial charge in [0, 0.05) is 46.6 Å². The van der Waals surface area contributed by atoms with Gasteiger partial charge in [-0.25, -0.2) is 4.98 Å². The second-order valence-corrected chi connectivity index (χ2v) is 7.49. The van der Waals surface area contributed by atoms with Crippen molar-refractivity contribution < 1.29 is 0 Å². The number of benzene rings is 2. The minimum absolute atomic E-state index is 0.258. The first-order valence-corrected chi connectivity index (χ1v) is 9.31. The lowest BCUT2D eigenvalue weighted by Gasteiger charge is -2.22. The lowest BCUT2D eigenvalue weighted by Crippen LogP contribution is -2.15. The summed E-state index contributed by atoms with van der Waals surface area (Å²) in [4.78, 5) is 4.26. The van der Waals surface area contributed by atoms with Crippen LogP contribution in [0.5, 0.6) is 0 Å². The van der Waals surface area contributed by atoms with Crippen LogP contribution >= 0.6 is 11.6 Å². The third-order valence-electron chi connectivity index (χ3n) is 4.88. The number of imidazole rings is 1. The van der Waals surface area contributed by atoms with E-state index in [1.54, 1.807) is 0 Å². The van der Waals surface area contributed by atoms with Crippen LogP contribution in [-0.4, -0.2) is 14.1 Å². The number of hydrogen-bond donors (Lipinski definition) is 0. The van der Waals surface area contributed by atoms with E-state index in [-0.39, 0.29) is 6.04 Å². The molecular formula is C22H22ClN3. The molecule has 1 unspecified atom stereocenters. The molecule has 0 saturated carbocycles. The highest BCUT2D eigenvalue weighted by Gasteiger charge is 2.22. The van der Waals surface area contributed by atoms with Crippen molar-refractivity contribution in [2.75, 3.05) is 0 Å². The van der Waals surface area contributed by atoms with Crippen LogP contribution in [0.1, 0.15) is 31.0 Å². The Morgan fingerprint density at radius 1 is 1.04 bits per heavy atom. The van der Waals surface area contributed by atoms with E-state index >= 15 is 0 Å². The van der Waals surface area contributed by atoms with Gasteiger partial charge in [-0.3, -0.25) is 0 Å². The minimum atomic E-state index is 0.258. The van der Waals surface area contributed by atoms with E-state index in [0.29, 0.717) is 5.92 Å². The van der Waals surface area contributed by atoms with Gasteiger partial charge < -0.3 is 9.13 Å². The molecule has 2 aromatic carbocycles. The van der Waals surface area contributed by atoms with Crippen molar-refractivity contribution in [2.24, 2.45) is 5.92 Å². The van der Waals surface area contributed by atoms with Crippen molar-refractivity contribution in [3.8, 4) is 0 Å². The Bertz CT molecular complexity index is 998. The molecule has 0 amide bonds. The number of para-hydroxylation sites is 1. The molecule has 0 N–H and O–H groups in total. The van der Waals surface area contributed by atoms with Crippen LogP contribution in [0, 0.1) is 5.92 Å². The Morgan fingerprint density at radius 2 is 1.81 bits per heavy atom. The summed E-state index contributed by atoms with van der Waals surface area (Å²) in [6.07, 6.45) is 8.11. The van der Waals surface area contributed by atoms with Crippen molar-refractivity contribution in [1.82, 2.24) is 14.1 Å². The Morgan fingerprint density at radius 3 is 2.50 bits per heavy atom. The third-order valence-corrected chi connectivity index (χ3v) is 5.13. The molecule has 0 radical (unpaired) electrons. The number of halogens is 1. The molecule has 0 bridgehead atoms. The summed E-state index contributed by atoms with van der Waals surface area (Å²) >= 11 is 6.03. The Labute approximate surface area is 158 Å². The molecule has 0 fully saturated rings. The van der Waals surface area contributed by atoms with Crippen LogP contribution in [0.25, 0.3) is 10.9 Å². The van der Waals surface area contributed by atoms with Gasteiger partial charge in [0.25, 0.3) is 0 Å². The summed E-state index contributed by atoms with van der Waals surface area (Å²) in [7, 11) is 0. The van der Waals surface area contributed by atoms with Gasteiger partial charge in [0.05, 0.1) is 12.4 Å². The molecule has 0 spiro atoms. The van der Waals surface area contributed by atoms with Gasteiger partial charge in [-0.05, 0) is 29.7 Å². The van der Waals surface area contributed by atoms with Gasteiger partial charge in [-0.15, -0.1) is 0 Å². The predicted octanol–water partition coefficient (Wildman–Crippen LogP) is 5.78. The van der Waals surface area contributed by atoms with Crippen molar-refractivity contribution in [3.63, 3.8) is 0 Å². The summed E-state index contributed by atoms with van der Waals surface area (Å²) in [6.45, 7) is 5.35. The smallest absolute Gasteiger partial charge is 0.0951 e. The molecule has 2 heterocycles. The number of nitrogens with zero attached hydrogens (tertiary/aromatic N) is 3. The molecule has 3 nitrogen and oxygen atoms in total. The normalized spacial score (nSPS) is 12.8. The first-order chi connectivity index (χ1) is 12.6. The Hall–Kier alpha value is -2.52. The fourth-order valence-electron chi connectivity index (χ4n) is 3.73. The summed E-state index contributed by atoms with van der Waals surface area (Å²) in [5.74, 6) is 0.457. The molecule has 1 atom stereocenters. The summed E-state index contributed by atoms with van der Waals surface area (Å²) in [6, 6.07) is 17.0. The second kappa shape index (κ2) is 7.00. The predicted molar refractivity (Wildman–Crippen MR) is 108 cm³/mol. The first-order valence-electron chi connectivity index (χ1n) is 8.93. The molecule has 4 rings (SSSR count). The van der Waals surface area contributed by atoms with Crippen LogP contribution < -0.4 is 0 Å². The summed E-state index contributed by atoms with van der Waals surface area (Å²) in [5, 5.41) is 2.07. The molecule has 2 aromatic heterocycles. The minimum Gasteiger partial charge on any atom is -0.343 e. The van der Waals surface area contributed by atoms with Crippen molar-refractivity contribution in [2.45, 2.75) is 26.4 Å². The van der Waals surface area contributed by atoms with Gasteiger partial charge in [-0.2, -0.15) is 0 Å². The standard InChI is InChI=1S/C22H22ClN3/c1-16(2)22(25-12-11-24-15-25)20-14-26(21-6-4-3-5-19(20)21)13-17-7-9-18(23)10-8-17/h3-12,14-16,22H,13H2,1-2H3. The topological polar surface area (TPSA) is 22.8 Å². The molecule has 0 saturated heterocycles. The SMILES string of the molecule is CC(C)C(c1cn(Cc2ccc(Cl)cc2)c2ccccc12)n1ccnc1. The zero-order chi connectivity index (χ0) is 18.1. The van der Waals surface area contributed by atoms with Crippen molar-refractivity contribution in [1.29, 1.82) is 0 Å². The molecule has 0 aliphatic rings. The largest absolute Gasteiger partial charge is 0.343 e. The van der Waals surface area contributed by atoms with Crippen LogP contribution in [0.15, 0.2) is 73.4 Å². The maximum absolute atomic E-state index is 6.03. The first kappa shape index (κ1) is 16.9. The lowest BCUT2D eigenvalue weighted by atomic mass is 9.95. The van der Waals surface area contributed by atoms with Crippen LogP contribution in [-0.2, 0) is 6.54 Å². The Balaban J connectivity index is 1.82. The zero-order valence-corrected chi connectivity index (χ0v) is 15.8. The molecule has 0 aliphatic carbocycles. The highest BCUT2D eigenvalue weighted by Crippen LogP contribution is 2.34. The molecule has 132 valence electrons. The molecule has 0 aliphatic heterocycles. The molecule has 4 heteroatoms. The van der Waals surface area contributed by atoms with Crippen LogP contribution in [0.4, 0.5) is 0 Å². The third kappa shape index (κ3) is 3.15. The maximum Gasteiger partial charge on any atom is 0.0951 e. The van der Waals surface area contributed by atoms with E-state index in [0.717, 1.165) is 11.6 Å². The van der Waals surface area contributed by atoms with E-state index < -0.39 is 0 Å². The van der Waals surface area contributed by atoms with E-state index in [9.17, 15) is 0 Å². The highest BCUT2D eigenvalue weighted by molar-refractivity contribution is 6.30. The lowest BCUT2D eigenvalue weighted by molar-refractivity contribution is 0.438. The fourth-order valence-corrected chi connectivity index (χ4v) is 3.85. The number of rotatable bonds is 5. The van der Waals surface area contributed by atoms with E-state index in [1.807, 2.05) is 24.7 Å². The number of aromatic nitrogens is 3. The summed E-state index contributed by atoms with van der Waals surface area (Å²) in [5.41, 5.74) is 3.83. The van der Waals surface area contributed by atoms with Gasteiger partial charge in [0.1, 0.15) is 0 Å². The van der Waals surface area contributed by atoms with Gasteiger partial charge >= 0.3 is 0 Å². The van der Waals surface area contributed by atoms with Gasteiger partial charge in [0.2, 0.25) is 0 Å². The van der Waals surface area contributed by atoms with Gasteiger partial charge in [0.15, 0.2) is 0 Å². The fraction of sp³-hybridized carbons (Fsp3) is 0.227. The van der Waals surface area contributed by atoms with E-state index in [2.05, 4.69) is 76.8 Å². The van der Waals surface area contributed by atoms with Crippen LogP contribution in [0.3, 0.4) is 0 Å². The number of hydrogen-bond acceptors (Lipinski definition) is 1. The number of fused-ring (bicyclic) bond motifs is 1. The van der Waals surface area contributed by atoms with E-state index in [4.69, 9.17) is 11.6 Å². The Kier molecular flexibility index (Phi) is 4.56. The average molecular weight is 364 g/mol. The van der Waals surface area contributed by atoms with Crippen molar-refractivity contribution >= 4 is 22.5 Å². The van der Waals surface area contributed by atoms with E-state index in [1.165, 1.54) is 22.0 Å².